The Morgan fingerprint density at radius 2 is 1.83 bits per heavy atom. The van der Waals surface area contributed by atoms with E-state index < -0.39 is 0 Å². The van der Waals surface area contributed by atoms with Gasteiger partial charge in [-0.3, -0.25) is 4.79 Å². The van der Waals surface area contributed by atoms with Gasteiger partial charge in [0.2, 0.25) is 5.91 Å². The van der Waals surface area contributed by atoms with Gasteiger partial charge in [-0.1, -0.05) is 18.2 Å². The summed E-state index contributed by atoms with van der Waals surface area (Å²) >= 11 is 0. The Morgan fingerprint density at radius 1 is 0.957 bits per heavy atom. The van der Waals surface area contributed by atoms with Gasteiger partial charge in [0, 0.05) is 22.5 Å². The number of carbonyl (C=O) groups is 1. The number of fused-ring (bicyclic) bond motifs is 3. The summed E-state index contributed by atoms with van der Waals surface area (Å²) in [5, 5.41) is 4.85. The van der Waals surface area contributed by atoms with Crippen molar-refractivity contribution >= 4 is 39.6 Å². The third kappa shape index (κ3) is 2.62. The lowest BCUT2D eigenvalue weighted by Crippen LogP contribution is -2.07. The Kier molecular flexibility index (Phi) is 3.20. The van der Waals surface area contributed by atoms with Gasteiger partial charge in [-0.05, 0) is 42.5 Å². The van der Waals surface area contributed by atoms with Crippen LogP contribution in [-0.2, 0) is 4.79 Å². The predicted octanol–water partition coefficient (Wildman–Crippen LogP) is 4.83. The van der Waals surface area contributed by atoms with Crippen LogP contribution >= 0.6 is 0 Å². The SMILES string of the molecule is O=C(/C=C/c1ccco1)Nc1ccc2oc3ccccc3c2c1. The molecule has 0 saturated carbocycles. The van der Waals surface area contributed by atoms with E-state index in [9.17, 15) is 4.79 Å². The van der Waals surface area contributed by atoms with Gasteiger partial charge in [0.1, 0.15) is 16.9 Å². The number of carbonyl (C=O) groups excluding carboxylic acids is 1. The van der Waals surface area contributed by atoms with Crippen molar-refractivity contribution in [2.45, 2.75) is 0 Å². The smallest absolute Gasteiger partial charge is 0.248 e. The number of anilines is 1. The van der Waals surface area contributed by atoms with E-state index in [0.29, 0.717) is 5.76 Å². The molecule has 0 unspecified atom stereocenters. The van der Waals surface area contributed by atoms with E-state index in [1.807, 2.05) is 42.5 Å². The van der Waals surface area contributed by atoms with E-state index >= 15 is 0 Å². The van der Waals surface area contributed by atoms with E-state index in [4.69, 9.17) is 8.83 Å². The van der Waals surface area contributed by atoms with Gasteiger partial charge in [0.15, 0.2) is 0 Å². The Labute approximate surface area is 132 Å². The van der Waals surface area contributed by atoms with Crippen molar-refractivity contribution < 1.29 is 13.6 Å². The largest absolute Gasteiger partial charge is 0.465 e. The third-order valence-electron chi connectivity index (χ3n) is 3.59. The number of rotatable bonds is 3. The molecular weight excluding hydrogens is 290 g/mol. The first-order chi connectivity index (χ1) is 11.3. The number of hydrogen-bond donors (Lipinski definition) is 1. The highest BCUT2D eigenvalue weighted by Crippen LogP contribution is 2.30. The van der Waals surface area contributed by atoms with Crippen molar-refractivity contribution in [1.82, 2.24) is 0 Å². The predicted molar refractivity (Wildman–Crippen MR) is 90.1 cm³/mol. The van der Waals surface area contributed by atoms with Gasteiger partial charge in [0.05, 0.1) is 6.26 Å². The van der Waals surface area contributed by atoms with Crippen molar-refractivity contribution in [3.63, 3.8) is 0 Å². The molecule has 4 aromatic rings. The molecule has 4 rings (SSSR count). The van der Waals surface area contributed by atoms with Gasteiger partial charge in [-0.25, -0.2) is 0 Å². The minimum atomic E-state index is -0.214. The van der Waals surface area contributed by atoms with E-state index in [1.165, 1.54) is 6.08 Å². The fourth-order valence-electron chi connectivity index (χ4n) is 2.53. The molecule has 0 bridgehead atoms. The summed E-state index contributed by atoms with van der Waals surface area (Å²) in [4.78, 5) is 12.0. The van der Waals surface area contributed by atoms with Crippen molar-refractivity contribution in [1.29, 1.82) is 0 Å². The molecule has 112 valence electrons. The van der Waals surface area contributed by atoms with Crippen LogP contribution in [-0.4, -0.2) is 5.91 Å². The minimum Gasteiger partial charge on any atom is -0.465 e. The van der Waals surface area contributed by atoms with Crippen LogP contribution < -0.4 is 5.32 Å². The maximum Gasteiger partial charge on any atom is 0.248 e. The molecule has 4 nitrogen and oxygen atoms in total. The molecular formula is C19H13NO3. The van der Waals surface area contributed by atoms with Gasteiger partial charge in [0.25, 0.3) is 0 Å². The van der Waals surface area contributed by atoms with Crippen LogP contribution in [0, 0.1) is 0 Å². The highest BCUT2D eigenvalue weighted by Gasteiger charge is 2.07. The first kappa shape index (κ1) is 13.4. The Hall–Kier alpha value is -3.27. The quantitative estimate of drug-likeness (QED) is 0.551. The second kappa shape index (κ2) is 5.50. The number of furan rings is 2. The van der Waals surface area contributed by atoms with Crippen molar-refractivity contribution in [2.75, 3.05) is 5.32 Å². The summed E-state index contributed by atoms with van der Waals surface area (Å²) in [5.41, 5.74) is 2.36. The molecule has 0 aliphatic heterocycles. The maximum absolute atomic E-state index is 12.0. The van der Waals surface area contributed by atoms with Crippen LogP contribution in [0.25, 0.3) is 28.0 Å². The number of para-hydroxylation sites is 1. The van der Waals surface area contributed by atoms with Crippen LogP contribution in [0.2, 0.25) is 0 Å². The second-order valence-electron chi connectivity index (χ2n) is 5.15. The van der Waals surface area contributed by atoms with Crippen LogP contribution in [0.3, 0.4) is 0 Å². The molecule has 1 N–H and O–H groups in total. The summed E-state index contributed by atoms with van der Waals surface area (Å²) in [6.45, 7) is 0. The van der Waals surface area contributed by atoms with Crippen LogP contribution in [0.1, 0.15) is 5.76 Å². The molecule has 23 heavy (non-hydrogen) atoms. The number of hydrogen-bond acceptors (Lipinski definition) is 3. The van der Waals surface area contributed by atoms with E-state index in [1.54, 1.807) is 24.5 Å². The Balaban J connectivity index is 1.61. The lowest BCUT2D eigenvalue weighted by atomic mass is 10.1. The summed E-state index contributed by atoms with van der Waals surface area (Å²) in [6.07, 6.45) is 4.63. The van der Waals surface area contributed by atoms with Crippen LogP contribution in [0.5, 0.6) is 0 Å². The molecule has 1 amide bonds. The van der Waals surface area contributed by atoms with E-state index in [2.05, 4.69) is 5.32 Å². The lowest BCUT2D eigenvalue weighted by molar-refractivity contribution is -0.111. The molecule has 4 heteroatoms. The van der Waals surface area contributed by atoms with Crippen LogP contribution in [0.4, 0.5) is 5.69 Å². The number of amides is 1. The third-order valence-corrected chi connectivity index (χ3v) is 3.59. The fraction of sp³-hybridized carbons (Fsp3) is 0. The second-order valence-corrected chi connectivity index (χ2v) is 5.15. The molecule has 0 fully saturated rings. The van der Waals surface area contributed by atoms with E-state index in [-0.39, 0.29) is 5.91 Å². The molecule has 0 spiro atoms. The molecule has 2 aromatic heterocycles. The highest BCUT2D eigenvalue weighted by atomic mass is 16.3. The average Bonchev–Trinajstić information content (AvgIpc) is 3.20. The van der Waals surface area contributed by atoms with Gasteiger partial charge < -0.3 is 14.2 Å². The topological polar surface area (TPSA) is 55.4 Å². The van der Waals surface area contributed by atoms with Gasteiger partial charge in [-0.15, -0.1) is 0 Å². The summed E-state index contributed by atoms with van der Waals surface area (Å²) in [5.74, 6) is 0.421. The lowest BCUT2D eigenvalue weighted by Gasteiger charge is -2.01. The molecule has 0 aliphatic carbocycles. The van der Waals surface area contributed by atoms with Crippen molar-refractivity contribution in [2.24, 2.45) is 0 Å². The standard InChI is InChI=1S/C19H13NO3/c21-19(10-8-14-4-3-11-22-14)20-13-7-9-18-16(12-13)15-5-1-2-6-17(15)23-18/h1-12H,(H,20,21)/b10-8+. The zero-order chi connectivity index (χ0) is 15.6. The zero-order valence-corrected chi connectivity index (χ0v) is 12.2. The molecule has 2 heterocycles. The first-order valence-electron chi connectivity index (χ1n) is 7.23. The van der Waals surface area contributed by atoms with E-state index in [0.717, 1.165) is 27.6 Å². The average molecular weight is 303 g/mol. The normalized spacial score (nSPS) is 11.5. The fourth-order valence-corrected chi connectivity index (χ4v) is 2.53. The molecule has 0 atom stereocenters. The maximum atomic E-state index is 12.0. The number of benzene rings is 2. The Morgan fingerprint density at radius 3 is 2.70 bits per heavy atom. The molecule has 0 radical (unpaired) electrons. The monoisotopic (exact) mass is 303 g/mol. The zero-order valence-electron chi connectivity index (χ0n) is 12.2. The van der Waals surface area contributed by atoms with Crippen molar-refractivity contribution in [3.8, 4) is 0 Å². The minimum absolute atomic E-state index is 0.214. The molecule has 0 saturated heterocycles. The molecule has 0 aliphatic rings. The summed E-state index contributed by atoms with van der Waals surface area (Å²) < 4.78 is 10.9. The van der Waals surface area contributed by atoms with Gasteiger partial charge in [-0.2, -0.15) is 0 Å². The summed E-state index contributed by atoms with van der Waals surface area (Å²) in [7, 11) is 0. The first-order valence-corrected chi connectivity index (χ1v) is 7.23. The van der Waals surface area contributed by atoms with Gasteiger partial charge >= 0.3 is 0 Å². The van der Waals surface area contributed by atoms with Crippen molar-refractivity contribution in [3.05, 3.63) is 72.7 Å². The Bertz CT molecular complexity index is 1010. The number of nitrogens with one attached hydrogen (secondary N) is 1. The highest BCUT2D eigenvalue weighted by molar-refractivity contribution is 6.08. The molecule has 2 aromatic carbocycles. The summed E-state index contributed by atoms with van der Waals surface area (Å²) in [6, 6.07) is 17.0. The van der Waals surface area contributed by atoms with Crippen LogP contribution in [0.15, 0.2) is 75.8 Å².